The molecule has 1 aromatic rings. The molecule has 17 heavy (non-hydrogen) atoms. The van der Waals surface area contributed by atoms with Gasteiger partial charge in [-0.2, -0.15) is 0 Å². The molecule has 3 rings (SSSR count). The van der Waals surface area contributed by atoms with E-state index in [9.17, 15) is 13.2 Å². The van der Waals surface area contributed by atoms with Gasteiger partial charge in [0.25, 0.3) is 0 Å². The number of urea groups is 1. The molecule has 1 N–H and O–H groups in total. The molecule has 5 nitrogen and oxygen atoms in total. The van der Waals surface area contributed by atoms with Crippen molar-refractivity contribution in [1.29, 1.82) is 0 Å². The number of anilines is 1. The number of hydrogen-bond acceptors (Lipinski definition) is 3. The Morgan fingerprint density at radius 2 is 1.88 bits per heavy atom. The minimum Gasteiger partial charge on any atom is -0.332 e. The molecule has 1 aromatic carbocycles. The molecule has 0 unspecified atom stereocenters. The lowest BCUT2D eigenvalue weighted by Gasteiger charge is -2.21. The fourth-order valence-electron chi connectivity index (χ4n) is 2.50. The van der Waals surface area contributed by atoms with Gasteiger partial charge in [0.2, 0.25) is 0 Å². The number of nitrogens with one attached hydrogen (secondary N) is 1. The third kappa shape index (κ3) is 1.68. The van der Waals surface area contributed by atoms with Gasteiger partial charge in [-0.05, 0) is 12.1 Å². The van der Waals surface area contributed by atoms with Crippen LogP contribution in [0.15, 0.2) is 30.3 Å². The Hall–Kier alpha value is -1.56. The van der Waals surface area contributed by atoms with Crippen LogP contribution in [0.5, 0.6) is 0 Å². The van der Waals surface area contributed by atoms with Crippen molar-refractivity contribution in [2.24, 2.45) is 0 Å². The highest BCUT2D eigenvalue weighted by Gasteiger charge is 2.49. The molecule has 0 spiro atoms. The van der Waals surface area contributed by atoms with Gasteiger partial charge >= 0.3 is 6.03 Å². The zero-order chi connectivity index (χ0) is 12.0. The topological polar surface area (TPSA) is 66.5 Å². The van der Waals surface area contributed by atoms with E-state index in [4.69, 9.17) is 0 Å². The molecule has 0 aromatic heterocycles. The average Bonchev–Trinajstić information content (AvgIpc) is 2.69. The predicted octanol–water partition coefficient (Wildman–Crippen LogP) is 0.382. The molecule has 0 radical (unpaired) electrons. The largest absolute Gasteiger partial charge is 0.332 e. The summed E-state index contributed by atoms with van der Waals surface area (Å²) in [7, 11) is -3.03. The Bertz CT molecular complexity index is 555. The molecule has 2 atom stereocenters. The van der Waals surface area contributed by atoms with Gasteiger partial charge in [-0.15, -0.1) is 0 Å². The Balaban J connectivity index is 1.98. The van der Waals surface area contributed by atoms with E-state index in [2.05, 4.69) is 5.32 Å². The Kier molecular flexibility index (Phi) is 2.16. The quantitative estimate of drug-likeness (QED) is 0.735. The van der Waals surface area contributed by atoms with Crippen molar-refractivity contribution in [2.75, 3.05) is 16.4 Å². The van der Waals surface area contributed by atoms with Gasteiger partial charge in [0.15, 0.2) is 9.84 Å². The van der Waals surface area contributed by atoms with Crippen LogP contribution in [0, 0.1) is 0 Å². The Morgan fingerprint density at radius 3 is 2.59 bits per heavy atom. The lowest BCUT2D eigenvalue weighted by molar-refractivity contribution is 0.251. The van der Waals surface area contributed by atoms with Crippen LogP contribution < -0.4 is 10.2 Å². The minimum absolute atomic E-state index is 0.0469. The van der Waals surface area contributed by atoms with E-state index in [0.29, 0.717) is 0 Å². The van der Waals surface area contributed by atoms with E-state index in [1.54, 1.807) is 4.90 Å². The van der Waals surface area contributed by atoms with Crippen molar-refractivity contribution < 1.29 is 13.2 Å². The number of amides is 2. The van der Waals surface area contributed by atoms with Gasteiger partial charge in [0.05, 0.1) is 23.6 Å². The van der Waals surface area contributed by atoms with E-state index in [1.807, 2.05) is 30.3 Å². The molecule has 2 saturated heterocycles. The van der Waals surface area contributed by atoms with Crippen LogP contribution in [0.2, 0.25) is 0 Å². The standard InChI is InChI=1S/C11H12N2O3S/c14-11-12-9-6-17(15,16)7-10(9)13(11)8-4-2-1-3-5-8/h1-5,9-10H,6-7H2,(H,12,14)/t9-,10-/m0/s1. The number of sulfone groups is 1. The summed E-state index contributed by atoms with van der Waals surface area (Å²) in [5.74, 6) is 0.0953. The zero-order valence-corrected chi connectivity index (χ0v) is 9.85. The first kappa shape index (κ1) is 10.6. The van der Waals surface area contributed by atoms with Crippen molar-refractivity contribution >= 4 is 21.6 Å². The number of carbonyl (C=O) groups is 1. The summed E-state index contributed by atoms with van der Waals surface area (Å²) < 4.78 is 23.1. The van der Waals surface area contributed by atoms with E-state index < -0.39 is 9.84 Å². The number of carbonyl (C=O) groups excluding carboxylic acids is 1. The molecule has 2 fully saturated rings. The molecule has 2 aliphatic rings. The van der Waals surface area contributed by atoms with Crippen LogP contribution >= 0.6 is 0 Å². The number of benzene rings is 1. The monoisotopic (exact) mass is 252 g/mol. The summed E-state index contributed by atoms with van der Waals surface area (Å²) in [5, 5.41) is 2.73. The molecule has 0 saturated carbocycles. The van der Waals surface area contributed by atoms with Crippen molar-refractivity contribution in [3.63, 3.8) is 0 Å². The third-order valence-corrected chi connectivity index (χ3v) is 4.93. The molecule has 0 aliphatic carbocycles. The number of fused-ring (bicyclic) bond motifs is 1. The zero-order valence-electron chi connectivity index (χ0n) is 9.04. The molecule has 90 valence electrons. The van der Waals surface area contributed by atoms with Crippen molar-refractivity contribution in [1.82, 2.24) is 5.32 Å². The normalized spacial score (nSPS) is 30.1. The number of hydrogen-bond donors (Lipinski definition) is 1. The highest BCUT2D eigenvalue weighted by Crippen LogP contribution is 2.28. The van der Waals surface area contributed by atoms with Crippen molar-refractivity contribution in [2.45, 2.75) is 12.1 Å². The van der Waals surface area contributed by atoms with Crippen LogP contribution in [0.1, 0.15) is 0 Å². The maximum atomic E-state index is 11.8. The molecular weight excluding hydrogens is 240 g/mol. The van der Waals surface area contributed by atoms with Crippen LogP contribution in [-0.2, 0) is 9.84 Å². The van der Waals surface area contributed by atoms with Crippen LogP contribution in [0.3, 0.4) is 0 Å². The molecular formula is C11H12N2O3S. The van der Waals surface area contributed by atoms with Gasteiger partial charge in [0.1, 0.15) is 0 Å². The summed E-state index contributed by atoms with van der Waals surface area (Å²) in [4.78, 5) is 13.4. The fraction of sp³-hybridized carbons (Fsp3) is 0.364. The SMILES string of the molecule is O=C1N[C@H]2CS(=O)(=O)C[C@@H]2N1c1ccccc1. The van der Waals surface area contributed by atoms with E-state index >= 15 is 0 Å². The van der Waals surface area contributed by atoms with Gasteiger partial charge in [-0.1, -0.05) is 18.2 Å². The second kappa shape index (κ2) is 3.46. The van der Waals surface area contributed by atoms with Gasteiger partial charge in [0, 0.05) is 5.69 Å². The maximum Gasteiger partial charge on any atom is 0.322 e. The summed E-state index contributed by atoms with van der Waals surface area (Å²) in [6.07, 6.45) is 0. The minimum atomic E-state index is -3.03. The summed E-state index contributed by atoms with van der Waals surface area (Å²) >= 11 is 0. The van der Waals surface area contributed by atoms with Gasteiger partial charge in [-0.25, -0.2) is 13.2 Å². The molecule has 2 aliphatic heterocycles. The number of nitrogens with zero attached hydrogens (tertiary/aromatic N) is 1. The Labute approximate surface area is 99.3 Å². The first-order valence-corrected chi connectivity index (χ1v) is 7.24. The predicted molar refractivity (Wildman–Crippen MR) is 63.7 cm³/mol. The third-order valence-electron chi connectivity index (χ3n) is 3.22. The molecule has 6 heteroatoms. The van der Waals surface area contributed by atoms with Crippen LogP contribution in [0.4, 0.5) is 10.5 Å². The summed E-state index contributed by atoms with van der Waals surface area (Å²) in [6, 6.07) is 8.41. The first-order chi connectivity index (χ1) is 8.07. The maximum absolute atomic E-state index is 11.8. The second-order valence-corrected chi connectivity index (χ2v) is 6.56. The van der Waals surface area contributed by atoms with E-state index in [0.717, 1.165) is 5.69 Å². The first-order valence-electron chi connectivity index (χ1n) is 5.42. The summed E-state index contributed by atoms with van der Waals surface area (Å²) in [5.41, 5.74) is 0.745. The molecule has 2 amide bonds. The van der Waals surface area contributed by atoms with Gasteiger partial charge in [-0.3, -0.25) is 4.90 Å². The lowest BCUT2D eigenvalue weighted by Crippen LogP contribution is -2.36. The van der Waals surface area contributed by atoms with Crippen LogP contribution in [-0.4, -0.2) is 38.0 Å². The second-order valence-electron chi connectivity index (χ2n) is 4.41. The highest BCUT2D eigenvalue weighted by molar-refractivity contribution is 7.91. The van der Waals surface area contributed by atoms with Crippen molar-refractivity contribution in [3.05, 3.63) is 30.3 Å². The highest BCUT2D eigenvalue weighted by atomic mass is 32.2. The number of para-hydroxylation sites is 1. The average molecular weight is 252 g/mol. The van der Waals surface area contributed by atoms with E-state index in [1.165, 1.54) is 0 Å². The fourth-order valence-corrected chi connectivity index (χ4v) is 4.39. The van der Waals surface area contributed by atoms with Crippen molar-refractivity contribution in [3.8, 4) is 0 Å². The van der Waals surface area contributed by atoms with E-state index in [-0.39, 0.29) is 29.6 Å². The Morgan fingerprint density at radius 1 is 1.18 bits per heavy atom. The molecule has 0 bridgehead atoms. The smallest absolute Gasteiger partial charge is 0.322 e. The molecule has 2 heterocycles. The lowest BCUT2D eigenvalue weighted by atomic mass is 10.1. The van der Waals surface area contributed by atoms with Gasteiger partial charge < -0.3 is 5.32 Å². The summed E-state index contributed by atoms with van der Waals surface area (Å²) in [6.45, 7) is 0. The number of rotatable bonds is 1. The van der Waals surface area contributed by atoms with Crippen LogP contribution in [0.25, 0.3) is 0 Å².